The molecule has 1 unspecified atom stereocenters. The molecule has 0 fully saturated rings. The molecule has 0 saturated carbocycles. The Labute approximate surface area is 226 Å². The van der Waals surface area contributed by atoms with E-state index in [0.717, 1.165) is 30.5 Å². The van der Waals surface area contributed by atoms with Crippen LogP contribution >= 0.6 is 0 Å². The molecule has 37 heavy (non-hydrogen) atoms. The van der Waals surface area contributed by atoms with Crippen molar-refractivity contribution in [2.75, 3.05) is 0 Å². The topological polar surface area (TPSA) is 58.5 Å². The summed E-state index contributed by atoms with van der Waals surface area (Å²) in [5.41, 5.74) is 4.85. The maximum Gasteiger partial charge on any atom is 0.247 e. The largest absolute Gasteiger partial charge is 0.347 e. The summed E-state index contributed by atoms with van der Waals surface area (Å²) in [6, 6.07) is 0. The van der Waals surface area contributed by atoms with E-state index in [-0.39, 0.29) is 29.1 Å². The molecular formula is C31H54F2N2O2. The van der Waals surface area contributed by atoms with Crippen molar-refractivity contribution in [3.63, 3.8) is 0 Å². The molecule has 0 rings (SSSR count). The number of carbonyl (C=O) groups is 2. The van der Waals surface area contributed by atoms with Crippen LogP contribution in [0.3, 0.4) is 0 Å². The van der Waals surface area contributed by atoms with E-state index < -0.39 is 6.43 Å². The highest BCUT2D eigenvalue weighted by molar-refractivity contribution is 5.98. The molecule has 0 aliphatic heterocycles. The summed E-state index contributed by atoms with van der Waals surface area (Å²) in [5.74, 6) is -0.0707. The molecule has 0 aliphatic carbocycles. The molecule has 0 aliphatic rings. The molecule has 0 aromatic heterocycles. The maximum absolute atomic E-state index is 12.6. The van der Waals surface area contributed by atoms with Crippen molar-refractivity contribution < 1.29 is 18.4 Å². The molecule has 1 N–H and O–H groups in total. The molecule has 0 heterocycles. The summed E-state index contributed by atoms with van der Waals surface area (Å²) in [7, 11) is 0. The molecule has 0 saturated heterocycles. The minimum atomic E-state index is -2.12. The summed E-state index contributed by atoms with van der Waals surface area (Å²) < 4.78 is 21.5. The minimum absolute atomic E-state index is 0.0160. The summed E-state index contributed by atoms with van der Waals surface area (Å²) in [5, 5.41) is 3.24. The second kappa shape index (κ2) is 19.7. The predicted octanol–water partition coefficient (Wildman–Crippen LogP) is 9.19. The highest BCUT2D eigenvalue weighted by Crippen LogP contribution is 2.37. The number of nitrogens with zero attached hydrogens (tertiary/aromatic N) is 1. The van der Waals surface area contributed by atoms with E-state index in [0.29, 0.717) is 5.57 Å². The smallest absolute Gasteiger partial charge is 0.247 e. The molecule has 214 valence electrons. The lowest BCUT2D eigenvalue weighted by molar-refractivity contribution is -0.121. The first kappa shape index (κ1) is 39.1. The van der Waals surface area contributed by atoms with Crippen LogP contribution in [0.1, 0.15) is 116 Å². The Morgan fingerprint density at radius 3 is 1.73 bits per heavy atom. The minimum Gasteiger partial charge on any atom is -0.347 e. The summed E-state index contributed by atoms with van der Waals surface area (Å²) >= 11 is 0. The molecule has 4 nitrogen and oxygen atoms in total. The lowest BCUT2D eigenvalue weighted by Crippen LogP contribution is -2.56. The number of allylic oxidation sites excluding steroid dienone is 5. The Morgan fingerprint density at radius 2 is 1.41 bits per heavy atom. The number of amides is 1. The first-order valence-electron chi connectivity index (χ1n) is 13.1. The van der Waals surface area contributed by atoms with Gasteiger partial charge in [-0.15, -0.1) is 0 Å². The Bertz CT molecular complexity index is 845. The number of alkyl halides is 2. The number of halogens is 2. The molecule has 1 amide bonds. The Hall–Kier alpha value is -2.37. The average Bonchev–Trinajstić information content (AvgIpc) is 2.82. The van der Waals surface area contributed by atoms with Crippen molar-refractivity contribution >= 4 is 17.4 Å². The van der Waals surface area contributed by atoms with Gasteiger partial charge in [-0.05, 0) is 90.9 Å². The van der Waals surface area contributed by atoms with Crippen molar-refractivity contribution in [1.82, 2.24) is 5.32 Å². The van der Waals surface area contributed by atoms with Crippen LogP contribution in [0.2, 0.25) is 0 Å². The van der Waals surface area contributed by atoms with Crippen LogP contribution in [0.5, 0.6) is 0 Å². The van der Waals surface area contributed by atoms with Crippen LogP contribution in [-0.4, -0.2) is 29.4 Å². The number of ketones is 1. The first-order valence-corrected chi connectivity index (χ1v) is 13.1. The fourth-order valence-corrected chi connectivity index (χ4v) is 2.95. The zero-order valence-electron chi connectivity index (χ0n) is 25.9. The number of nitrogens with one attached hydrogen (secondary N) is 1. The molecule has 1 atom stereocenters. The maximum atomic E-state index is 12.6. The van der Waals surface area contributed by atoms with E-state index in [9.17, 15) is 18.4 Å². The van der Waals surface area contributed by atoms with Gasteiger partial charge in [-0.2, -0.15) is 0 Å². The molecule has 6 heteroatoms. The predicted molar refractivity (Wildman–Crippen MR) is 157 cm³/mol. The Morgan fingerprint density at radius 1 is 0.919 bits per heavy atom. The second-order valence-electron chi connectivity index (χ2n) is 10.3. The normalized spacial score (nSPS) is 13.9. The monoisotopic (exact) mass is 524 g/mol. The Balaban J connectivity index is -0.000000632. The first-order chi connectivity index (χ1) is 16.9. The zero-order chi connectivity index (χ0) is 30.0. The van der Waals surface area contributed by atoms with Crippen molar-refractivity contribution in [2.45, 2.75) is 128 Å². The van der Waals surface area contributed by atoms with Gasteiger partial charge in [0.2, 0.25) is 12.3 Å². The van der Waals surface area contributed by atoms with Crippen LogP contribution in [-0.2, 0) is 9.59 Å². The third-order valence-corrected chi connectivity index (χ3v) is 6.90. The SMILES string of the molecule is C=CN=C(C)C(C)=C(C)C.CCC(F)F.CCCC(C)(NC(=O)/C(C)=C(C)/C=C\C(C)=O)C(C)(C)CC. The molecular weight excluding hydrogens is 470 g/mol. The van der Waals surface area contributed by atoms with Crippen LogP contribution < -0.4 is 5.32 Å². The number of carbonyl (C=O) groups excluding carboxylic acids is 2. The summed E-state index contributed by atoms with van der Waals surface area (Å²) in [6.07, 6.45) is 5.58. The standard InChI is InChI=1S/C19H33NO2.C9H15N.C3H6F2/c1-9-13-19(8,18(6,7)10-2)20-17(22)16(5)14(3)11-12-15(4)21;1-6-10-9(5)8(4)7(2)3;1-2-3(4)5/h11-12H,9-10,13H2,1-8H3,(H,20,22);6H,1H2,2-5H3;3H,2H2,1H3/b12-11-,16-14+;;. The van der Waals surface area contributed by atoms with E-state index in [2.05, 4.69) is 72.3 Å². The van der Waals surface area contributed by atoms with Gasteiger partial charge in [-0.3, -0.25) is 14.6 Å². The van der Waals surface area contributed by atoms with Gasteiger partial charge in [0, 0.05) is 29.4 Å². The van der Waals surface area contributed by atoms with Crippen molar-refractivity contribution in [2.24, 2.45) is 10.4 Å². The highest BCUT2D eigenvalue weighted by Gasteiger charge is 2.40. The molecule has 0 bridgehead atoms. The van der Waals surface area contributed by atoms with Gasteiger partial charge >= 0.3 is 0 Å². The summed E-state index contributed by atoms with van der Waals surface area (Å²) in [6.45, 7) is 29.2. The fourth-order valence-electron chi connectivity index (χ4n) is 2.95. The van der Waals surface area contributed by atoms with Crippen LogP contribution in [0.4, 0.5) is 8.78 Å². The molecule has 0 aromatic rings. The Kier molecular flexibility index (Phi) is 20.8. The zero-order valence-corrected chi connectivity index (χ0v) is 25.9. The van der Waals surface area contributed by atoms with Gasteiger partial charge in [0.25, 0.3) is 0 Å². The third-order valence-electron chi connectivity index (χ3n) is 6.90. The third kappa shape index (κ3) is 16.9. The van der Waals surface area contributed by atoms with Gasteiger partial charge in [0.15, 0.2) is 5.78 Å². The average molecular weight is 525 g/mol. The highest BCUT2D eigenvalue weighted by atomic mass is 19.3. The van der Waals surface area contributed by atoms with E-state index in [1.165, 1.54) is 31.1 Å². The van der Waals surface area contributed by atoms with Crippen molar-refractivity contribution in [3.05, 3.63) is 47.2 Å². The van der Waals surface area contributed by atoms with E-state index in [1.54, 1.807) is 19.2 Å². The van der Waals surface area contributed by atoms with Gasteiger partial charge in [0.1, 0.15) is 0 Å². The lowest BCUT2D eigenvalue weighted by atomic mass is 9.69. The molecule has 0 aromatic carbocycles. The van der Waals surface area contributed by atoms with Gasteiger partial charge in [-0.1, -0.05) is 59.3 Å². The summed E-state index contributed by atoms with van der Waals surface area (Å²) in [4.78, 5) is 27.7. The van der Waals surface area contributed by atoms with Crippen molar-refractivity contribution in [3.8, 4) is 0 Å². The number of rotatable bonds is 11. The van der Waals surface area contributed by atoms with E-state index >= 15 is 0 Å². The van der Waals surface area contributed by atoms with Gasteiger partial charge < -0.3 is 5.32 Å². The second-order valence-corrected chi connectivity index (χ2v) is 10.3. The number of aliphatic imine (C=N–C) groups is 1. The fraction of sp³-hybridized carbons (Fsp3) is 0.645. The van der Waals surface area contributed by atoms with E-state index in [4.69, 9.17) is 0 Å². The molecule has 0 radical (unpaired) electrons. The van der Waals surface area contributed by atoms with Crippen LogP contribution in [0.25, 0.3) is 0 Å². The molecule has 0 spiro atoms. The number of hydrogen-bond donors (Lipinski definition) is 1. The van der Waals surface area contributed by atoms with Gasteiger partial charge in [0.05, 0.1) is 0 Å². The van der Waals surface area contributed by atoms with Crippen LogP contribution in [0.15, 0.2) is 52.2 Å². The lowest BCUT2D eigenvalue weighted by Gasteiger charge is -2.45. The van der Waals surface area contributed by atoms with Gasteiger partial charge in [-0.25, -0.2) is 8.78 Å². The van der Waals surface area contributed by atoms with Crippen molar-refractivity contribution in [1.29, 1.82) is 0 Å². The number of hydrogen-bond acceptors (Lipinski definition) is 3. The quantitative estimate of drug-likeness (QED) is 0.166. The van der Waals surface area contributed by atoms with E-state index in [1.807, 2.05) is 13.8 Å². The van der Waals surface area contributed by atoms with Crippen LogP contribution in [0, 0.1) is 5.41 Å².